The van der Waals surface area contributed by atoms with Gasteiger partial charge in [0, 0.05) is 31.7 Å². The van der Waals surface area contributed by atoms with Gasteiger partial charge in [0.2, 0.25) is 0 Å². The van der Waals surface area contributed by atoms with Crippen LogP contribution in [0, 0.1) is 13.8 Å². The maximum absolute atomic E-state index is 12.6. The largest absolute Gasteiger partial charge is 0.332 e. The van der Waals surface area contributed by atoms with E-state index in [9.17, 15) is 4.79 Å². The standard InChI is InChI=1S/C15H23N3O/c1-11-4-5-13(8-12(11)2)15(19)18-7-6-17(3)10-14(18)9-16/h4-5,8,14H,6-7,9-10,16H2,1-3H3. The lowest BCUT2D eigenvalue weighted by Gasteiger charge is -2.39. The number of aryl methyl sites for hydroxylation is 2. The van der Waals surface area contributed by atoms with Crippen LogP contribution in [0.4, 0.5) is 0 Å². The Hall–Kier alpha value is -1.39. The summed E-state index contributed by atoms with van der Waals surface area (Å²) >= 11 is 0. The molecule has 19 heavy (non-hydrogen) atoms. The monoisotopic (exact) mass is 261 g/mol. The Balaban J connectivity index is 2.20. The fraction of sp³-hybridized carbons (Fsp3) is 0.533. The van der Waals surface area contributed by atoms with Crippen LogP contribution in [0.2, 0.25) is 0 Å². The predicted molar refractivity (Wildman–Crippen MR) is 77.3 cm³/mol. The molecule has 0 bridgehead atoms. The summed E-state index contributed by atoms with van der Waals surface area (Å²) in [5.74, 6) is 0.103. The van der Waals surface area contributed by atoms with E-state index < -0.39 is 0 Å². The highest BCUT2D eigenvalue weighted by Crippen LogP contribution is 2.16. The number of hydrogen-bond acceptors (Lipinski definition) is 3. The van der Waals surface area contributed by atoms with Crippen molar-refractivity contribution in [2.45, 2.75) is 19.9 Å². The normalized spacial score (nSPS) is 20.6. The van der Waals surface area contributed by atoms with E-state index in [1.807, 2.05) is 30.0 Å². The second-order valence-electron chi connectivity index (χ2n) is 5.45. The van der Waals surface area contributed by atoms with Crippen molar-refractivity contribution < 1.29 is 4.79 Å². The third-order valence-corrected chi connectivity index (χ3v) is 3.97. The first kappa shape index (κ1) is 14.0. The highest BCUT2D eigenvalue weighted by Gasteiger charge is 2.28. The van der Waals surface area contributed by atoms with E-state index in [0.717, 1.165) is 30.8 Å². The van der Waals surface area contributed by atoms with E-state index in [1.165, 1.54) is 5.56 Å². The molecule has 0 aliphatic carbocycles. The van der Waals surface area contributed by atoms with Crippen molar-refractivity contribution >= 4 is 5.91 Å². The molecule has 0 saturated carbocycles. The third kappa shape index (κ3) is 2.96. The average molecular weight is 261 g/mol. The number of benzene rings is 1. The summed E-state index contributed by atoms with van der Waals surface area (Å²) in [6.45, 7) is 7.13. The molecule has 2 rings (SSSR count). The molecule has 1 amide bonds. The molecular weight excluding hydrogens is 238 g/mol. The van der Waals surface area contributed by atoms with Crippen LogP contribution in [0.25, 0.3) is 0 Å². The van der Waals surface area contributed by atoms with E-state index in [1.54, 1.807) is 0 Å². The zero-order valence-electron chi connectivity index (χ0n) is 12.0. The highest BCUT2D eigenvalue weighted by molar-refractivity contribution is 5.94. The molecule has 0 aromatic heterocycles. The van der Waals surface area contributed by atoms with Crippen molar-refractivity contribution in [3.05, 3.63) is 34.9 Å². The van der Waals surface area contributed by atoms with Crippen LogP contribution in [0.15, 0.2) is 18.2 Å². The molecule has 1 unspecified atom stereocenters. The first-order valence-corrected chi connectivity index (χ1v) is 6.79. The molecule has 1 saturated heterocycles. The van der Waals surface area contributed by atoms with Crippen LogP contribution >= 0.6 is 0 Å². The summed E-state index contributed by atoms with van der Waals surface area (Å²) < 4.78 is 0. The summed E-state index contributed by atoms with van der Waals surface area (Å²) in [6.07, 6.45) is 0. The minimum absolute atomic E-state index is 0.103. The second-order valence-corrected chi connectivity index (χ2v) is 5.45. The minimum Gasteiger partial charge on any atom is -0.332 e. The van der Waals surface area contributed by atoms with Crippen LogP contribution in [-0.2, 0) is 0 Å². The van der Waals surface area contributed by atoms with Gasteiger partial charge in [0.05, 0.1) is 6.04 Å². The molecule has 0 spiro atoms. The summed E-state index contributed by atoms with van der Waals surface area (Å²) in [5, 5.41) is 0. The van der Waals surface area contributed by atoms with Gasteiger partial charge >= 0.3 is 0 Å². The van der Waals surface area contributed by atoms with Gasteiger partial charge in [-0.3, -0.25) is 4.79 Å². The molecule has 1 atom stereocenters. The molecule has 4 heteroatoms. The Kier molecular flexibility index (Phi) is 4.22. The van der Waals surface area contributed by atoms with Crippen LogP contribution in [-0.4, -0.2) is 55.0 Å². The Labute approximate surface area is 115 Å². The van der Waals surface area contributed by atoms with E-state index in [0.29, 0.717) is 6.54 Å². The lowest BCUT2D eigenvalue weighted by Crippen LogP contribution is -2.56. The number of nitrogens with two attached hydrogens (primary N) is 1. The maximum Gasteiger partial charge on any atom is 0.254 e. The summed E-state index contributed by atoms with van der Waals surface area (Å²) in [5.41, 5.74) is 8.94. The average Bonchev–Trinajstić information content (AvgIpc) is 2.41. The maximum atomic E-state index is 12.6. The molecule has 1 fully saturated rings. The van der Waals surface area contributed by atoms with E-state index in [2.05, 4.69) is 18.9 Å². The van der Waals surface area contributed by atoms with Crippen LogP contribution < -0.4 is 5.73 Å². The molecule has 1 aliphatic heterocycles. The van der Waals surface area contributed by atoms with Gasteiger partial charge < -0.3 is 15.5 Å². The summed E-state index contributed by atoms with van der Waals surface area (Å²) in [6, 6.07) is 6.02. The number of likely N-dealkylation sites (N-methyl/N-ethyl adjacent to an activating group) is 1. The van der Waals surface area contributed by atoms with Gasteiger partial charge in [0.25, 0.3) is 5.91 Å². The number of carbonyl (C=O) groups is 1. The smallest absolute Gasteiger partial charge is 0.254 e. The number of piperazine rings is 1. The van der Waals surface area contributed by atoms with Gasteiger partial charge in [-0.05, 0) is 44.2 Å². The number of rotatable bonds is 2. The molecule has 1 aromatic rings. The van der Waals surface area contributed by atoms with Crippen molar-refractivity contribution in [2.75, 3.05) is 33.2 Å². The molecule has 4 nitrogen and oxygen atoms in total. The van der Waals surface area contributed by atoms with Gasteiger partial charge in [-0.1, -0.05) is 6.07 Å². The number of hydrogen-bond donors (Lipinski definition) is 1. The van der Waals surface area contributed by atoms with E-state index in [-0.39, 0.29) is 11.9 Å². The summed E-state index contributed by atoms with van der Waals surface area (Å²) in [7, 11) is 2.07. The zero-order valence-corrected chi connectivity index (χ0v) is 12.0. The van der Waals surface area contributed by atoms with Crippen LogP contribution in [0.3, 0.4) is 0 Å². The van der Waals surface area contributed by atoms with Crippen molar-refractivity contribution in [3.63, 3.8) is 0 Å². The summed E-state index contributed by atoms with van der Waals surface area (Å²) in [4.78, 5) is 16.7. The first-order valence-electron chi connectivity index (χ1n) is 6.79. The van der Waals surface area contributed by atoms with Crippen molar-refractivity contribution in [3.8, 4) is 0 Å². The molecular formula is C15H23N3O. The number of carbonyl (C=O) groups excluding carboxylic acids is 1. The molecule has 1 aliphatic rings. The quantitative estimate of drug-likeness (QED) is 0.864. The fourth-order valence-electron chi connectivity index (χ4n) is 2.52. The molecule has 2 N–H and O–H groups in total. The van der Waals surface area contributed by atoms with Crippen LogP contribution in [0.5, 0.6) is 0 Å². The number of nitrogens with zero attached hydrogens (tertiary/aromatic N) is 2. The molecule has 0 radical (unpaired) electrons. The van der Waals surface area contributed by atoms with Crippen molar-refractivity contribution in [2.24, 2.45) is 5.73 Å². The fourth-order valence-corrected chi connectivity index (χ4v) is 2.52. The Bertz CT molecular complexity index is 472. The third-order valence-electron chi connectivity index (χ3n) is 3.97. The van der Waals surface area contributed by atoms with E-state index in [4.69, 9.17) is 5.73 Å². The SMILES string of the molecule is Cc1ccc(C(=O)N2CCN(C)CC2CN)cc1C. The minimum atomic E-state index is 0.103. The molecule has 1 aromatic carbocycles. The number of amides is 1. The topological polar surface area (TPSA) is 49.6 Å². The lowest BCUT2D eigenvalue weighted by atomic mass is 10.0. The van der Waals surface area contributed by atoms with E-state index >= 15 is 0 Å². The van der Waals surface area contributed by atoms with Crippen molar-refractivity contribution in [1.82, 2.24) is 9.80 Å². The Morgan fingerprint density at radius 3 is 2.68 bits per heavy atom. The van der Waals surface area contributed by atoms with Crippen LogP contribution in [0.1, 0.15) is 21.5 Å². The molecule has 1 heterocycles. The van der Waals surface area contributed by atoms with Gasteiger partial charge in [-0.2, -0.15) is 0 Å². The Morgan fingerprint density at radius 1 is 1.32 bits per heavy atom. The lowest BCUT2D eigenvalue weighted by molar-refractivity contribution is 0.0516. The second kappa shape index (κ2) is 5.72. The van der Waals surface area contributed by atoms with Gasteiger partial charge in [-0.25, -0.2) is 0 Å². The van der Waals surface area contributed by atoms with Gasteiger partial charge in [-0.15, -0.1) is 0 Å². The molecule has 104 valence electrons. The van der Waals surface area contributed by atoms with Gasteiger partial charge in [0.1, 0.15) is 0 Å². The predicted octanol–water partition coefficient (Wildman–Crippen LogP) is 1.02. The first-order chi connectivity index (χ1) is 9.02. The van der Waals surface area contributed by atoms with Gasteiger partial charge in [0.15, 0.2) is 0 Å². The van der Waals surface area contributed by atoms with Crippen molar-refractivity contribution in [1.29, 1.82) is 0 Å². The zero-order chi connectivity index (χ0) is 14.0. The Morgan fingerprint density at radius 2 is 2.05 bits per heavy atom. The highest BCUT2D eigenvalue weighted by atomic mass is 16.2.